The summed E-state index contributed by atoms with van der Waals surface area (Å²) in [6.07, 6.45) is 3.68. The van der Waals surface area contributed by atoms with Gasteiger partial charge in [0.25, 0.3) is 0 Å². The number of ether oxygens (including phenoxy) is 1. The summed E-state index contributed by atoms with van der Waals surface area (Å²) < 4.78 is 5.89. The van der Waals surface area contributed by atoms with Crippen LogP contribution in [0.1, 0.15) is 22.6 Å². The van der Waals surface area contributed by atoms with Crippen molar-refractivity contribution >= 4 is 10.9 Å². The molecule has 1 N–H and O–H groups in total. The largest absolute Gasteiger partial charge is 0.496 e. The summed E-state index contributed by atoms with van der Waals surface area (Å²) in [5.41, 5.74) is 6.87. The summed E-state index contributed by atoms with van der Waals surface area (Å²) in [7, 11) is 3.90. The van der Waals surface area contributed by atoms with Crippen molar-refractivity contribution in [3.8, 4) is 17.0 Å². The minimum absolute atomic E-state index is 0.297. The lowest BCUT2D eigenvalue weighted by atomic mass is 9.83. The number of aromatic nitrogens is 3. The monoisotopic (exact) mass is 370 g/mol. The molecule has 2 aromatic carbocycles. The highest BCUT2D eigenvalue weighted by molar-refractivity contribution is 5.80. The van der Waals surface area contributed by atoms with E-state index in [1.807, 2.05) is 18.3 Å². The zero-order valence-corrected chi connectivity index (χ0v) is 16.0. The molecule has 0 bridgehead atoms. The van der Waals surface area contributed by atoms with Crippen molar-refractivity contribution in [1.82, 2.24) is 20.1 Å². The van der Waals surface area contributed by atoms with Crippen molar-refractivity contribution < 1.29 is 4.74 Å². The fraction of sp³-hybridized carbons (Fsp3) is 0.217. The smallest absolute Gasteiger partial charge is 0.133 e. The van der Waals surface area contributed by atoms with E-state index in [1.165, 1.54) is 27.6 Å². The summed E-state index contributed by atoms with van der Waals surface area (Å²) in [5, 5.41) is 9.55. The van der Waals surface area contributed by atoms with Crippen molar-refractivity contribution in [2.75, 3.05) is 20.7 Å². The third kappa shape index (κ3) is 2.75. The minimum Gasteiger partial charge on any atom is -0.496 e. The number of nitrogens with zero attached hydrogens (tertiary/aromatic N) is 3. The van der Waals surface area contributed by atoms with Crippen LogP contribution in [0.5, 0.6) is 5.75 Å². The highest BCUT2D eigenvalue weighted by atomic mass is 16.5. The molecular formula is C23H22N4O. The molecule has 0 fully saturated rings. The average Bonchev–Trinajstić information content (AvgIpc) is 3.20. The van der Waals surface area contributed by atoms with Gasteiger partial charge in [-0.25, -0.2) is 0 Å². The van der Waals surface area contributed by atoms with Gasteiger partial charge in [-0.05, 0) is 53.9 Å². The number of hydrogen-bond acceptors (Lipinski definition) is 4. The molecule has 1 aliphatic rings. The van der Waals surface area contributed by atoms with Gasteiger partial charge in [0.15, 0.2) is 0 Å². The van der Waals surface area contributed by atoms with Gasteiger partial charge in [0.05, 0.1) is 12.8 Å². The van der Waals surface area contributed by atoms with Gasteiger partial charge < -0.3 is 14.6 Å². The van der Waals surface area contributed by atoms with Crippen molar-refractivity contribution in [1.29, 1.82) is 0 Å². The van der Waals surface area contributed by atoms with Crippen LogP contribution in [0.15, 0.2) is 60.9 Å². The van der Waals surface area contributed by atoms with Crippen LogP contribution in [-0.4, -0.2) is 40.8 Å². The van der Waals surface area contributed by atoms with Gasteiger partial charge in [-0.2, -0.15) is 10.2 Å². The van der Waals surface area contributed by atoms with Crippen LogP contribution in [0.25, 0.3) is 22.2 Å². The van der Waals surface area contributed by atoms with E-state index in [9.17, 15) is 0 Å². The molecule has 5 rings (SSSR count). The Hall–Kier alpha value is -3.18. The molecule has 5 nitrogen and oxygen atoms in total. The maximum atomic E-state index is 5.89. The average molecular weight is 370 g/mol. The van der Waals surface area contributed by atoms with Crippen LogP contribution in [-0.2, 0) is 6.54 Å². The molecular weight excluding hydrogens is 348 g/mol. The Morgan fingerprint density at radius 3 is 2.89 bits per heavy atom. The zero-order chi connectivity index (χ0) is 19.1. The molecule has 1 aliphatic heterocycles. The number of fused-ring (bicyclic) bond motifs is 2. The van der Waals surface area contributed by atoms with Crippen molar-refractivity contribution in [3.05, 3.63) is 77.6 Å². The maximum Gasteiger partial charge on any atom is 0.133 e. The second-order valence-corrected chi connectivity index (χ2v) is 7.40. The molecule has 28 heavy (non-hydrogen) atoms. The number of rotatable bonds is 3. The molecule has 0 aliphatic carbocycles. The molecule has 1 atom stereocenters. The quantitative estimate of drug-likeness (QED) is 0.587. The standard InChI is InChI=1S/C23H22N4O/c1-27-13-19(16-6-5-15-9-11-24-22(15)12-16)17-7-8-18(21-4-3-10-25-26-21)23(28-2)20(17)14-27/h3-12,19,24H,13-14H2,1-2H3. The fourth-order valence-corrected chi connectivity index (χ4v) is 4.32. The van der Waals surface area contributed by atoms with Gasteiger partial charge in [0.2, 0.25) is 0 Å². The number of likely N-dealkylation sites (N-methyl/N-ethyl adjacent to an activating group) is 1. The van der Waals surface area contributed by atoms with Crippen LogP contribution in [0.4, 0.5) is 0 Å². The van der Waals surface area contributed by atoms with Gasteiger partial charge in [-0.15, -0.1) is 0 Å². The van der Waals surface area contributed by atoms with E-state index < -0.39 is 0 Å². The predicted molar refractivity (Wildman–Crippen MR) is 110 cm³/mol. The van der Waals surface area contributed by atoms with Crippen molar-refractivity contribution in [2.45, 2.75) is 12.5 Å². The topological polar surface area (TPSA) is 54.0 Å². The van der Waals surface area contributed by atoms with E-state index in [2.05, 4.69) is 63.5 Å². The number of methoxy groups -OCH3 is 1. The number of nitrogens with one attached hydrogen (secondary N) is 1. The van der Waals surface area contributed by atoms with Crippen molar-refractivity contribution in [2.24, 2.45) is 0 Å². The van der Waals surface area contributed by atoms with E-state index in [4.69, 9.17) is 4.74 Å². The summed E-state index contributed by atoms with van der Waals surface area (Å²) in [5.74, 6) is 1.20. The summed E-state index contributed by atoms with van der Waals surface area (Å²) in [6.45, 7) is 1.83. The second kappa shape index (κ2) is 6.77. The third-order valence-corrected chi connectivity index (χ3v) is 5.63. The first-order chi connectivity index (χ1) is 13.7. The van der Waals surface area contributed by atoms with Gasteiger partial charge in [0.1, 0.15) is 5.75 Å². The first kappa shape index (κ1) is 17.0. The lowest BCUT2D eigenvalue weighted by Crippen LogP contribution is -2.31. The Balaban J connectivity index is 1.66. The van der Waals surface area contributed by atoms with E-state index in [1.54, 1.807) is 13.3 Å². The second-order valence-electron chi connectivity index (χ2n) is 7.40. The van der Waals surface area contributed by atoms with Gasteiger partial charge >= 0.3 is 0 Å². The molecule has 0 radical (unpaired) electrons. The van der Waals surface area contributed by atoms with Gasteiger partial charge in [0, 0.05) is 48.0 Å². The van der Waals surface area contributed by atoms with E-state index in [0.717, 1.165) is 30.1 Å². The Morgan fingerprint density at radius 1 is 1.14 bits per heavy atom. The number of H-pyrrole nitrogens is 1. The molecule has 3 heterocycles. The summed E-state index contributed by atoms with van der Waals surface area (Å²) >= 11 is 0. The highest BCUT2D eigenvalue weighted by Crippen LogP contribution is 2.42. The molecule has 1 unspecified atom stereocenters. The van der Waals surface area contributed by atoms with Crippen LogP contribution >= 0.6 is 0 Å². The number of aromatic amines is 1. The third-order valence-electron chi connectivity index (χ3n) is 5.63. The van der Waals surface area contributed by atoms with Gasteiger partial charge in [-0.3, -0.25) is 0 Å². The summed E-state index contributed by atoms with van der Waals surface area (Å²) in [4.78, 5) is 5.69. The first-order valence-electron chi connectivity index (χ1n) is 9.48. The Bertz CT molecular complexity index is 1140. The molecule has 0 saturated carbocycles. The Labute approximate surface area is 164 Å². The minimum atomic E-state index is 0.297. The van der Waals surface area contributed by atoms with Crippen LogP contribution < -0.4 is 4.74 Å². The molecule has 0 saturated heterocycles. The van der Waals surface area contributed by atoms with E-state index in [0.29, 0.717) is 5.92 Å². The lowest BCUT2D eigenvalue weighted by molar-refractivity contribution is 0.286. The molecule has 5 heteroatoms. The molecule has 0 spiro atoms. The Morgan fingerprint density at radius 2 is 2.07 bits per heavy atom. The molecule has 4 aromatic rings. The van der Waals surface area contributed by atoms with Crippen molar-refractivity contribution in [3.63, 3.8) is 0 Å². The van der Waals surface area contributed by atoms with Gasteiger partial charge in [-0.1, -0.05) is 18.2 Å². The zero-order valence-electron chi connectivity index (χ0n) is 16.0. The SMILES string of the molecule is COc1c(-c2cccnn2)ccc2c1CN(C)CC2c1ccc2cc[nH]c2c1. The molecule has 140 valence electrons. The Kier molecular flexibility index (Phi) is 4.10. The van der Waals surface area contributed by atoms with Crippen LogP contribution in [0.3, 0.4) is 0 Å². The normalized spacial score (nSPS) is 16.9. The summed E-state index contributed by atoms with van der Waals surface area (Å²) in [6, 6.07) is 17.0. The first-order valence-corrected chi connectivity index (χ1v) is 9.48. The van der Waals surface area contributed by atoms with E-state index in [-0.39, 0.29) is 0 Å². The van der Waals surface area contributed by atoms with Crippen LogP contribution in [0, 0.1) is 0 Å². The fourth-order valence-electron chi connectivity index (χ4n) is 4.32. The van der Waals surface area contributed by atoms with E-state index >= 15 is 0 Å². The highest BCUT2D eigenvalue weighted by Gasteiger charge is 2.29. The molecule has 2 aromatic heterocycles. The number of hydrogen-bond donors (Lipinski definition) is 1. The number of benzene rings is 2. The molecule has 0 amide bonds. The maximum absolute atomic E-state index is 5.89. The van der Waals surface area contributed by atoms with Crippen LogP contribution in [0.2, 0.25) is 0 Å². The predicted octanol–water partition coefficient (Wildman–Crippen LogP) is 4.21. The lowest BCUT2D eigenvalue weighted by Gasteiger charge is -2.34.